The maximum absolute atomic E-state index is 5.68. The lowest BCUT2D eigenvalue weighted by molar-refractivity contribution is 0.688. The highest BCUT2D eigenvalue weighted by Crippen LogP contribution is 2.33. The van der Waals surface area contributed by atoms with Gasteiger partial charge in [0.15, 0.2) is 0 Å². The van der Waals surface area contributed by atoms with E-state index in [2.05, 4.69) is 34.1 Å². The van der Waals surface area contributed by atoms with Crippen molar-refractivity contribution in [1.29, 1.82) is 0 Å². The largest absolute Gasteiger partial charge is 0.330 e. The highest BCUT2D eigenvalue weighted by atomic mass is 79.9. The SMILES string of the molecule is NCC1CCc2ccc(Br)cc21. The van der Waals surface area contributed by atoms with Gasteiger partial charge >= 0.3 is 0 Å². The van der Waals surface area contributed by atoms with Crippen molar-refractivity contribution in [2.75, 3.05) is 6.54 Å². The Morgan fingerprint density at radius 3 is 3.08 bits per heavy atom. The zero-order valence-corrected chi connectivity index (χ0v) is 8.47. The van der Waals surface area contributed by atoms with Gasteiger partial charge in [-0.25, -0.2) is 0 Å². The Morgan fingerprint density at radius 2 is 2.33 bits per heavy atom. The molecule has 1 nitrogen and oxygen atoms in total. The molecule has 0 fully saturated rings. The summed E-state index contributed by atoms with van der Waals surface area (Å²) in [5, 5.41) is 0. The second-order valence-corrected chi connectivity index (χ2v) is 4.23. The van der Waals surface area contributed by atoms with Crippen LogP contribution in [0, 0.1) is 0 Å². The highest BCUT2D eigenvalue weighted by molar-refractivity contribution is 9.10. The predicted molar refractivity (Wildman–Crippen MR) is 54.3 cm³/mol. The normalized spacial score (nSPS) is 21.0. The molecule has 0 spiro atoms. The summed E-state index contributed by atoms with van der Waals surface area (Å²) in [5.41, 5.74) is 8.61. The molecule has 1 atom stereocenters. The Balaban J connectivity index is 2.42. The average molecular weight is 226 g/mol. The fourth-order valence-electron chi connectivity index (χ4n) is 1.90. The summed E-state index contributed by atoms with van der Waals surface area (Å²) in [6.45, 7) is 0.781. The molecule has 64 valence electrons. The molecule has 1 unspecified atom stereocenters. The van der Waals surface area contributed by atoms with Crippen LogP contribution in [0.1, 0.15) is 23.5 Å². The number of aryl methyl sites for hydroxylation is 1. The van der Waals surface area contributed by atoms with E-state index in [4.69, 9.17) is 5.73 Å². The lowest BCUT2D eigenvalue weighted by atomic mass is 10.0. The molecule has 12 heavy (non-hydrogen) atoms. The smallest absolute Gasteiger partial charge is 0.0178 e. The average Bonchev–Trinajstić information content (AvgIpc) is 2.46. The third kappa shape index (κ3) is 1.29. The van der Waals surface area contributed by atoms with Gasteiger partial charge in [0, 0.05) is 4.47 Å². The Bertz CT molecular complexity index is 296. The van der Waals surface area contributed by atoms with Gasteiger partial charge in [-0.2, -0.15) is 0 Å². The molecule has 0 radical (unpaired) electrons. The molecule has 0 amide bonds. The van der Waals surface area contributed by atoms with E-state index in [0.29, 0.717) is 5.92 Å². The summed E-state index contributed by atoms with van der Waals surface area (Å²) >= 11 is 3.48. The van der Waals surface area contributed by atoms with Gasteiger partial charge in [-0.3, -0.25) is 0 Å². The fourth-order valence-corrected chi connectivity index (χ4v) is 2.28. The molecule has 0 saturated heterocycles. The maximum Gasteiger partial charge on any atom is 0.0178 e. The van der Waals surface area contributed by atoms with E-state index in [0.717, 1.165) is 6.54 Å². The van der Waals surface area contributed by atoms with Crippen molar-refractivity contribution in [3.63, 3.8) is 0 Å². The van der Waals surface area contributed by atoms with Crippen LogP contribution in [0.2, 0.25) is 0 Å². The van der Waals surface area contributed by atoms with E-state index in [9.17, 15) is 0 Å². The van der Waals surface area contributed by atoms with Crippen molar-refractivity contribution in [3.05, 3.63) is 33.8 Å². The summed E-state index contributed by atoms with van der Waals surface area (Å²) in [6.07, 6.45) is 2.42. The van der Waals surface area contributed by atoms with Gasteiger partial charge in [0.2, 0.25) is 0 Å². The van der Waals surface area contributed by atoms with Crippen molar-refractivity contribution < 1.29 is 0 Å². The number of hydrogen-bond donors (Lipinski definition) is 1. The van der Waals surface area contributed by atoms with Crippen molar-refractivity contribution in [1.82, 2.24) is 0 Å². The number of hydrogen-bond acceptors (Lipinski definition) is 1. The number of nitrogens with two attached hydrogens (primary N) is 1. The Morgan fingerprint density at radius 1 is 1.50 bits per heavy atom. The van der Waals surface area contributed by atoms with Crippen molar-refractivity contribution in [2.24, 2.45) is 5.73 Å². The monoisotopic (exact) mass is 225 g/mol. The second kappa shape index (κ2) is 3.19. The first-order valence-electron chi connectivity index (χ1n) is 4.29. The lowest BCUT2D eigenvalue weighted by Gasteiger charge is -2.07. The summed E-state index contributed by atoms with van der Waals surface area (Å²) < 4.78 is 1.17. The van der Waals surface area contributed by atoms with Gasteiger partial charge in [-0.15, -0.1) is 0 Å². The first kappa shape index (κ1) is 8.27. The van der Waals surface area contributed by atoms with Crippen LogP contribution >= 0.6 is 15.9 Å². The zero-order chi connectivity index (χ0) is 8.55. The molecule has 1 aromatic carbocycles. The Kier molecular flexibility index (Phi) is 2.20. The van der Waals surface area contributed by atoms with Crippen molar-refractivity contribution >= 4 is 15.9 Å². The third-order valence-corrected chi connectivity index (χ3v) is 3.09. The lowest BCUT2D eigenvalue weighted by Crippen LogP contribution is -2.09. The molecule has 0 bridgehead atoms. The summed E-state index contributed by atoms with van der Waals surface area (Å²) in [7, 11) is 0. The summed E-state index contributed by atoms with van der Waals surface area (Å²) in [5.74, 6) is 0.595. The molecular weight excluding hydrogens is 214 g/mol. The standard InChI is InChI=1S/C10H12BrN/c11-9-4-3-7-1-2-8(6-12)10(7)5-9/h3-5,8H,1-2,6,12H2. The van der Waals surface area contributed by atoms with Crippen molar-refractivity contribution in [2.45, 2.75) is 18.8 Å². The molecule has 2 heteroatoms. The molecule has 0 heterocycles. The molecule has 2 N–H and O–H groups in total. The fraction of sp³-hybridized carbons (Fsp3) is 0.400. The molecule has 0 saturated carbocycles. The highest BCUT2D eigenvalue weighted by Gasteiger charge is 2.20. The van der Waals surface area contributed by atoms with Gasteiger partial charge < -0.3 is 5.73 Å². The van der Waals surface area contributed by atoms with Crippen LogP contribution in [-0.4, -0.2) is 6.54 Å². The van der Waals surface area contributed by atoms with Gasteiger partial charge in [0.25, 0.3) is 0 Å². The minimum Gasteiger partial charge on any atom is -0.330 e. The summed E-state index contributed by atoms with van der Waals surface area (Å²) in [6, 6.07) is 6.52. The van der Waals surface area contributed by atoms with Crippen LogP contribution in [0.4, 0.5) is 0 Å². The third-order valence-electron chi connectivity index (χ3n) is 2.59. The van der Waals surface area contributed by atoms with Crippen LogP contribution in [0.3, 0.4) is 0 Å². The van der Waals surface area contributed by atoms with E-state index < -0.39 is 0 Å². The Labute approximate surface area is 81.1 Å². The maximum atomic E-state index is 5.68. The number of benzene rings is 1. The molecule has 1 aromatic rings. The molecule has 0 aromatic heterocycles. The van der Waals surface area contributed by atoms with Crippen LogP contribution < -0.4 is 5.73 Å². The van der Waals surface area contributed by atoms with Gasteiger partial charge in [0.1, 0.15) is 0 Å². The van der Waals surface area contributed by atoms with Crippen LogP contribution in [-0.2, 0) is 6.42 Å². The molecular formula is C10H12BrN. The minimum atomic E-state index is 0.595. The summed E-state index contributed by atoms with van der Waals surface area (Å²) in [4.78, 5) is 0. The van der Waals surface area contributed by atoms with Gasteiger partial charge in [0.05, 0.1) is 0 Å². The van der Waals surface area contributed by atoms with Crippen LogP contribution in [0.25, 0.3) is 0 Å². The first-order valence-corrected chi connectivity index (χ1v) is 5.09. The van der Waals surface area contributed by atoms with E-state index in [1.807, 2.05) is 0 Å². The van der Waals surface area contributed by atoms with E-state index in [1.165, 1.54) is 28.4 Å². The van der Waals surface area contributed by atoms with Gasteiger partial charge in [-0.05, 0) is 48.6 Å². The first-order chi connectivity index (χ1) is 5.81. The van der Waals surface area contributed by atoms with Gasteiger partial charge in [-0.1, -0.05) is 22.0 Å². The number of fused-ring (bicyclic) bond motifs is 1. The van der Waals surface area contributed by atoms with Crippen LogP contribution in [0.15, 0.2) is 22.7 Å². The zero-order valence-electron chi connectivity index (χ0n) is 6.89. The Hall–Kier alpha value is -0.340. The minimum absolute atomic E-state index is 0.595. The molecule has 1 aliphatic rings. The number of rotatable bonds is 1. The van der Waals surface area contributed by atoms with E-state index >= 15 is 0 Å². The molecule has 2 rings (SSSR count). The number of halogens is 1. The van der Waals surface area contributed by atoms with E-state index in [1.54, 1.807) is 0 Å². The molecule has 1 aliphatic carbocycles. The second-order valence-electron chi connectivity index (χ2n) is 3.31. The predicted octanol–water partition coefficient (Wildman–Crippen LogP) is 2.44. The quantitative estimate of drug-likeness (QED) is 0.781. The van der Waals surface area contributed by atoms with E-state index in [-0.39, 0.29) is 0 Å². The van der Waals surface area contributed by atoms with Crippen LogP contribution in [0.5, 0.6) is 0 Å². The molecule has 0 aliphatic heterocycles. The topological polar surface area (TPSA) is 26.0 Å². The van der Waals surface area contributed by atoms with Crippen molar-refractivity contribution in [3.8, 4) is 0 Å².